The third-order valence-corrected chi connectivity index (χ3v) is 3.55. The lowest BCUT2D eigenvalue weighted by atomic mass is 10.0. The van der Waals surface area contributed by atoms with Crippen molar-refractivity contribution in [2.45, 2.75) is 25.9 Å². The van der Waals surface area contributed by atoms with Crippen molar-refractivity contribution in [3.63, 3.8) is 0 Å². The number of aromatic nitrogens is 3. The lowest BCUT2D eigenvalue weighted by Crippen LogP contribution is -2.30. The Morgan fingerprint density at radius 2 is 2.14 bits per heavy atom. The van der Waals surface area contributed by atoms with Crippen LogP contribution in [0.25, 0.3) is 0 Å². The van der Waals surface area contributed by atoms with Crippen molar-refractivity contribution in [3.05, 3.63) is 35.9 Å². The van der Waals surface area contributed by atoms with E-state index in [1.165, 1.54) is 0 Å². The number of hydrogen-bond donors (Lipinski definition) is 2. The fourth-order valence-electron chi connectivity index (χ4n) is 2.44. The third-order valence-electron chi connectivity index (χ3n) is 3.55. The van der Waals surface area contributed by atoms with Gasteiger partial charge in [-0.2, -0.15) is 5.10 Å². The molecule has 0 fully saturated rings. The Labute approximate surface area is 123 Å². The molecule has 2 heterocycles. The maximum Gasteiger partial charge on any atom is 0.161 e. The van der Waals surface area contributed by atoms with Crippen LogP contribution >= 0.6 is 0 Å². The first kappa shape index (κ1) is 13.8. The summed E-state index contributed by atoms with van der Waals surface area (Å²) in [7, 11) is 0. The van der Waals surface area contributed by atoms with Gasteiger partial charge >= 0.3 is 0 Å². The Bertz CT molecular complexity index is 613. The number of nitrogens with zero attached hydrogens (tertiary/aromatic N) is 3. The monoisotopic (exact) mass is 289 g/mol. The fraction of sp³-hybridized carbons (Fsp3) is 0.429. The minimum Gasteiger partial charge on any atom is -0.486 e. The van der Waals surface area contributed by atoms with Crippen molar-refractivity contribution in [1.29, 1.82) is 0 Å². The molecule has 3 rings (SSSR count). The van der Waals surface area contributed by atoms with Gasteiger partial charge in [-0.05, 0) is 24.6 Å². The molecule has 1 aliphatic heterocycles. The molecule has 1 aliphatic rings. The molecule has 1 aromatic carbocycles. The zero-order valence-electron chi connectivity index (χ0n) is 12.0. The number of hydrogen-bond acceptors (Lipinski definition) is 6. The Balaban J connectivity index is 1.83. The van der Waals surface area contributed by atoms with Gasteiger partial charge in [0, 0.05) is 13.0 Å². The van der Waals surface area contributed by atoms with Crippen LogP contribution in [0, 0.1) is 0 Å². The van der Waals surface area contributed by atoms with Crippen LogP contribution in [0.3, 0.4) is 0 Å². The standard InChI is InChI=1S/C14H19N5O2/c1-2-19-14(16-9-17-19)8-11(18-15)10-3-4-12-13(7-10)21-6-5-20-12/h3-4,7,9,11,18H,2,5-6,8,15H2,1H3. The smallest absolute Gasteiger partial charge is 0.161 e. The van der Waals surface area contributed by atoms with Gasteiger partial charge in [0.05, 0.1) is 6.04 Å². The first-order valence-corrected chi connectivity index (χ1v) is 7.04. The molecule has 1 atom stereocenters. The predicted octanol–water partition coefficient (Wildman–Crippen LogP) is 0.816. The molecular formula is C14H19N5O2. The molecule has 7 nitrogen and oxygen atoms in total. The highest BCUT2D eigenvalue weighted by atomic mass is 16.6. The van der Waals surface area contributed by atoms with E-state index >= 15 is 0 Å². The van der Waals surface area contributed by atoms with E-state index in [4.69, 9.17) is 15.3 Å². The molecule has 7 heteroatoms. The molecular weight excluding hydrogens is 270 g/mol. The number of benzene rings is 1. The van der Waals surface area contributed by atoms with Gasteiger partial charge in [-0.1, -0.05) is 6.07 Å². The van der Waals surface area contributed by atoms with E-state index < -0.39 is 0 Å². The van der Waals surface area contributed by atoms with Crippen LogP contribution in [-0.4, -0.2) is 28.0 Å². The highest BCUT2D eigenvalue weighted by Gasteiger charge is 2.18. The van der Waals surface area contributed by atoms with E-state index in [9.17, 15) is 0 Å². The third kappa shape index (κ3) is 2.84. The molecule has 0 saturated heterocycles. The second kappa shape index (κ2) is 6.11. The van der Waals surface area contributed by atoms with Crippen LogP contribution in [0.15, 0.2) is 24.5 Å². The van der Waals surface area contributed by atoms with E-state index in [2.05, 4.69) is 15.5 Å². The molecule has 0 saturated carbocycles. The zero-order chi connectivity index (χ0) is 14.7. The molecule has 2 aromatic rings. The number of nitrogens with two attached hydrogens (primary N) is 1. The lowest BCUT2D eigenvalue weighted by molar-refractivity contribution is 0.171. The van der Waals surface area contributed by atoms with Gasteiger partial charge in [0.25, 0.3) is 0 Å². The number of rotatable bonds is 5. The van der Waals surface area contributed by atoms with Crippen LogP contribution in [0.4, 0.5) is 0 Å². The first-order chi connectivity index (χ1) is 10.3. The van der Waals surface area contributed by atoms with Gasteiger partial charge in [-0.15, -0.1) is 0 Å². The Morgan fingerprint density at radius 3 is 2.90 bits per heavy atom. The number of hydrazine groups is 1. The van der Waals surface area contributed by atoms with Crippen LogP contribution in [0.2, 0.25) is 0 Å². The van der Waals surface area contributed by atoms with Gasteiger partial charge in [-0.3, -0.25) is 16.0 Å². The molecule has 112 valence electrons. The Kier molecular flexibility index (Phi) is 4.03. The molecule has 0 bridgehead atoms. The van der Waals surface area contributed by atoms with Crippen LogP contribution in [0.5, 0.6) is 11.5 Å². The van der Waals surface area contributed by atoms with E-state index in [0.29, 0.717) is 19.6 Å². The number of aryl methyl sites for hydroxylation is 1. The van der Waals surface area contributed by atoms with E-state index in [-0.39, 0.29) is 6.04 Å². The molecule has 1 unspecified atom stereocenters. The zero-order valence-corrected chi connectivity index (χ0v) is 12.0. The molecule has 0 aliphatic carbocycles. The molecule has 1 aromatic heterocycles. The molecule has 0 amide bonds. The van der Waals surface area contributed by atoms with Crippen molar-refractivity contribution < 1.29 is 9.47 Å². The lowest BCUT2D eigenvalue weighted by Gasteiger charge is -2.21. The second-order valence-electron chi connectivity index (χ2n) is 4.82. The van der Waals surface area contributed by atoms with Gasteiger partial charge in [0.1, 0.15) is 25.4 Å². The van der Waals surface area contributed by atoms with Crippen molar-refractivity contribution in [3.8, 4) is 11.5 Å². The predicted molar refractivity (Wildman–Crippen MR) is 76.9 cm³/mol. The molecule has 3 N–H and O–H groups in total. The summed E-state index contributed by atoms with van der Waals surface area (Å²) in [5.74, 6) is 8.14. The van der Waals surface area contributed by atoms with Crippen LogP contribution < -0.4 is 20.7 Å². The summed E-state index contributed by atoms with van der Waals surface area (Å²) < 4.78 is 13.0. The maximum atomic E-state index is 5.71. The first-order valence-electron chi connectivity index (χ1n) is 7.04. The average Bonchev–Trinajstić information content (AvgIpc) is 2.99. The summed E-state index contributed by atoms with van der Waals surface area (Å²) >= 11 is 0. The number of fused-ring (bicyclic) bond motifs is 1. The van der Waals surface area contributed by atoms with Crippen molar-refractivity contribution >= 4 is 0 Å². The topological polar surface area (TPSA) is 87.2 Å². The summed E-state index contributed by atoms with van der Waals surface area (Å²) in [6.07, 6.45) is 2.22. The molecule has 21 heavy (non-hydrogen) atoms. The summed E-state index contributed by atoms with van der Waals surface area (Å²) in [4.78, 5) is 4.29. The maximum absolute atomic E-state index is 5.71. The molecule has 0 radical (unpaired) electrons. The van der Waals surface area contributed by atoms with Crippen molar-refractivity contribution in [2.24, 2.45) is 5.84 Å². The largest absolute Gasteiger partial charge is 0.486 e. The summed E-state index contributed by atoms with van der Waals surface area (Å²) in [6.45, 7) is 3.98. The number of nitrogens with one attached hydrogen (secondary N) is 1. The van der Waals surface area contributed by atoms with E-state index in [1.54, 1.807) is 6.33 Å². The highest BCUT2D eigenvalue weighted by Crippen LogP contribution is 2.33. The van der Waals surface area contributed by atoms with Crippen LogP contribution in [0.1, 0.15) is 24.4 Å². The highest BCUT2D eigenvalue weighted by molar-refractivity contribution is 5.44. The minimum absolute atomic E-state index is 0.0599. The van der Waals surface area contributed by atoms with Gasteiger partial charge < -0.3 is 9.47 Å². The van der Waals surface area contributed by atoms with E-state index in [0.717, 1.165) is 29.4 Å². The minimum atomic E-state index is -0.0599. The quantitative estimate of drug-likeness (QED) is 0.626. The van der Waals surface area contributed by atoms with Gasteiger partial charge in [0.2, 0.25) is 0 Å². The Hall–Kier alpha value is -2.12. The number of ether oxygens (including phenoxy) is 2. The summed E-state index contributed by atoms with van der Waals surface area (Å²) in [6, 6.07) is 5.81. The molecule has 0 spiro atoms. The van der Waals surface area contributed by atoms with Crippen LogP contribution in [-0.2, 0) is 13.0 Å². The summed E-state index contributed by atoms with van der Waals surface area (Å²) in [5, 5.41) is 4.18. The SMILES string of the molecule is CCn1ncnc1CC(NN)c1ccc2c(c1)OCCO2. The average molecular weight is 289 g/mol. The Morgan fingerprint density at radius 1 is 1.33 bits per heavy atom. The summed E-state index contributed by atoms with van der Waals surface area (Å²) in [5.41, 5.74) is 3.87. The second-order valence-corrected chi connectivity index (χ2v) is 4.82. The van der Waals surface area contributed by atoms with E-state index in [1.807, 2.05) is 29.8 Å². The normalized spacial score (nSPS) is 15.0. The van der Waals surface area contributed by atoms with Crippen molar-refractivity contribution in [1.82, 2.24) is 20.2 Å². The van der Waals surface area contributed by atoms with Gasteiger partial charge in [-0.25, -0.2) is 4.98 Å². The van der Waals surface area contributed by atoms with Crippen molar-refractivity contribution in [2.75, 3.05) is 13.2 Å². The van der Waals surface area contributed by atoms with Gasteiger partial charge in [0.15, 0.2) is 11.5 Å². The fourth-order valence-corrected chi connectivity index (χ4v) is 2.44.